The van der Waals surface area contributed by atoms with Gasteiger partial charge < -0.3 is 4.74 Å². The van der Waals surface area contributed by atoms with Crippen molar-refractivity contribution in [2.24, 2.45) is 0 Å². The van der Waals surface area contributed by atoms with Gasteiger partial charge in [-0.1, -0.05) is 6.07 Å². The standard InChI is InChI=1S/C16H23FN2O2/c1-16(2)11-19(8-7-18(16)3)10-12-5-6-13(14(17)9-12)15(20)21-4/h5-6,9H,7-8,10-11H2,1-4H3. The monoisotopic (exact) mass is 294 g/mol. The molecule has 1 aliphatic heterocycles. The zero-order valence-electron chi connectivity index (χ0n) is 13.1. The number of esters is 1. The molecule has 4 nitrogen and oxygen atoms in total. The van der Waals surface area contributed by atoms with Crippen LogP contribution in [0.2, 0.25) is 0 Å². The second-order valence-corrected chi connectivity index (χ2v) is 6.25. The first-order valence-corrected chi connectivity index (χ1v) is 7.14. The smallest absolute Gasteiger partial charge is 0.340 e. The van der Waals surface area contributed by atoms with E-state index in [1.54, 1.807) is 6.07 Å². The number of hydrogen-bond acceptors (Lipinski definition) is 4. The normalized spacial score (nSPS) is 19.5. The molecule has 5 heteroatoms. The molecule has 0 amide bonds. The molecule has 0 aromatic heterocycles. The largest absolute Gasteiger partial charge is 0.465 e. The van der Waals surface area contributed by atoms with Gasteiger partial charge in [0.15, 0.2) is 0 Å². The summed E-state index contributed by atoms with van der Waals surface area (Å²) in [5, 5.41) is 0. The highest BCUT2D eigenvalue weighted by molar-refractivity contribution is 5.89. The van der Waals surface area contributed by atoms with Gasteiger partial charge >= 0.3 is 5.97 Å². The van der Waals surface area contributed by atoms with Gasteiger partial charge in [0.25, 0.3) is 0 Å². The minimum Gasteiger partial charge on any atom is -0.465 e. The van der Waals surface area contributed by atoms with Gasteiger partial charge in [-0.2, -0.15) is 0 Å². The number of methoxy groups -OCH3 is 1. The quantitative estimate of drug-likeness (QED) is 0.800. The first kappa shape index (κ1) is 15.9. The second kappa shape index (κ2) is 6.12. The summed E-state index contributed by atoms with van der Waals surface area (Å²) in [6.45, 7) is 8.00. The van der Waals surface area contributed by atoms with Crippen LogP contribution in [0.5, 0.6) is 0 Å². The van der Waals surface area contributed by atoms with Gasteiger partial charge in [-0.3, -0.25) is 9.80 Å². The van der Waals surface area contributed by atoms with Crippen LogP contribution in [0.1, 0.15) is 29.8 Å². The molecule has 0 saturated carbocycles. The maximum Gasteiger partial charge on any atom is 0.340 e. The Morgan fingerprint density at radius 3 is 2.67 bits per heavy atom. The van der Waals surface area contributed by atoms with Crippen molar-refractivity contribution in [2.45, 2.75) is 25.9 Å². The molecule has 0 aliphatic carbocycles. The van der Waals surface area contributed by atoms with Gasteiger partial charge in [-0.05, 0) is 38.6 Å². The van der Waals surface area contributed by atoms with Crippen molar-refractivity contribution in [3.8, 4) is 0 Å². The number of piperazine rings is 1. The van der Waals surface area contributed by atoms with Gasteiger partial charge in [0.05, 0.1) is 12.7 Å². The Balaban J connectivity index is 2.07. The van der Waals surface area contributed by atoms with Crippen LogP contribution < -0.4 is 0 Å². The number of benzene rings is 1. The number of carbonyl (C=O) groups is 1. The molecular weight excluding hydrogens is 271 g/mol. The number of carbonyl (C=O) groups excluding carboxylic acids is 1. The molecule has 0 radical (unpaired) electrons. The van der Waals surface area contributed by atoms with E-state index < -0.39 is 11.8 Å². The molecule has 21 heavy (non-hydrogen) atoms. The average Bonchev–Trinajstić information content (AvgIpc) is 2.42. The van der Waals surface area contributed by atoms with Crippen LogP contribution in [0.3, 0.4) is 0 Å². The lowest BCUT2D eigenvalue weighted by molar-refractivity contribution is 0.0359. The molecule has 0 atom stereocenters. The fraction of sp³-hybridized carbons (Fsp3) is 0.562. The average molecular weight is 294 g/mol. The Morgan fingerprint density at radius 2 is 2.10 bits per heavy atom. The van der Waals surface area contributed by atoms with E-state index in [0.29, 0.717) is 6.54 Å². The lowest BCUT2D eigenvalue weighted by atomic mass is 9.99. The van der Waals surface area contributed by atoms with E-state index in [9.17, 15) is 9.18 Å². The van der Waals surface area contributed by atoms with E-state index in [1.165, 1.54) is 19.2 Å². The molecule has 1 saturated heterocycles. The Bertz CT molecular complexity index is 531. The predicted molar refractivity (Wildman–Crippen MR) is 79.7 cm³/mol. The molecule has 0 bridgehead atoms. The Labute approximate surface area is 125 Å². The Hall–Kier alpha value is -1.46. The Morgan fingerprint density at radius 1 is 1.38 bits per heavy atom. The second-order valence-electron chi connectivity index (χ2n) is 6.25. The molecular formula is C16H23FN2O2. The van der Waals surface area contributed by atoms with Crippen molar-refractivity contribution < 1.29 is 13.9 Å². The van der Waals surface area contributed by atoms with E-state index in [1.807, 2.05) is 0 Å². The van der Waals surface area contributed by atoms with E-state index in [-0.39, 0.29) is 11.1 Å². The van der Waals surface area contributed by atoms with Gasteiger partial charge in [0.1, 0.15) is 5.82 Å². The maximum atomic E-state index is 13.9. The summed E-state index contributed by atoms with van der Waals surface area (Å²) < 4.78 is 18.5. The highest BCUT2D eigenvalue weighted by Gasteiger charge is 2.30. The minimum atomic E-state index is -0.639. The number of hydrogen-bond donors (Lipinski definition) is 0. The van der Waals surface area contributed by atoms with E-state index in [2.05, 4.69) is 35.4 Å². The van der Waals surface area contributed by atoms with Crippen molar-refractivity contribution in [2.75, 3.05) is 33.8 Å². The topological polar surface area (TPSA) is 32.8 Å². The summed E-state index contributed by atoms with van der Waals surface area (Å²) in [4.78, 5) is 16.0. The van der Waals surface area contributed by atoms with Gasteiger partial charge in [-0.25, -0.2) is 9.18 Å². The zero-order chi connectivity index (χ0) is 15.6. The van der Waals surface area contributed by atoms with Crippen molar-refractivity contribution in [1.82, 2.24) is 9.80 Å². The molecule has 1 fully saturated rings. The summed E-state index contributed by atoms with van der Waals surface area (Å²) in [6, 6.07) is 4.72. The lowest BCUT2D eigenvalue weighted by Gasteiger charge is -2.45. The predicted octanol–water partition coefficient (Wildman–Crippen LogP) is 2.14. The molecule has 0 unspecified atom stereocenters. The molecule has 1 aliphatic rings. The van der Waals surface area contributed by atoms with Gasteiger partial charge in [0, 0.05) is 31.7 Å². The number of nitrogens with zero attached hydrogens (tertiary/aromatic N) is 2. The van der Waals surface area contributed by atoms with Crippen LogP contribution in [0.15, 0.2) is 18.2 Å². The van der Waals surface area contributed by atoms with Crippen molar-refractivity contribution in [3.05, 3.63) is 35.1 Å². The molecule has 1 aromatic rings. The van der Waals surface area contributed by atoms with Gasteiger partial charge in [-0.15, -0.1) is 0 Å². The first-order valence-electron chi connectivity index (χ1n) is 7.14. The maximum absolute atomic E-state index is 13.9. The van der Waals surface area contributed by atoms with Crippen LogP contribution in [0.4, 0.5) is 4.39 Å². The van der Waals surface area contributed by atoms with Crippen molar-refractivity contribution in [1.29, 1.82) is 0 Å². The van der Waals surface area contributed by atoms with Crippen LogP contribution in [0.25, 0.3) is 0 Å². The summed E-state index contributed by atoms with van der Waals surface area (Å²) in [6.07, 6.45) is 0. The number of rotatable bonds is 3. The number of halogens is 1. The van der Waals surface area contributed by atoms with E-state index in [0.717, 1.165) is 25.2 Å². The molecule has 2 rings (SSSR count). The van der Waals surface area contributed by atoms with E-state index in [4.69, 9.17) is 0 Å². The van der Waals surface area contributed by atoms with E-state index >= 15 is 0 Å². The SMILES string of the molecule is COC(=O)c1ccc(CN2CCN(C)C(C)(C)C2)cc1F. The van der Waals surface area contributed by atoms with Crippen molar-refractivity contribution in [3.63, 3.8) is 0 Å². The number of likely N-dealkylation sites (N-methyl/N-ethyl adjacent to an activating group) is 1. The van der Waals surface area contributed by atoms with Gasteiger partial charge in [0.2, 0.25) is 0 Å². The van der Waals surface area contributed by atoms with Crippen molar-refractivity contribution >= 4 is 5.97 Å². The van der Waals surface area contributed by atoms with Crippen LogP contribution in [-0.4, -0.2) is 55.1 Å². The third-order valence-corrected chi connectivity index (χ3v) is 4.24. The van der Waals surface area contributed by atoms with Crippen LogP contribution in [0, 0.1) is 5.82 Å². The summed E-state index contributed by atoms with van der Waals surface area (Å²) in [5.74, 6) is -1.16. The summed E-state index contributed by atoms with van der Waals surface area (Å²) >= 11 is 0. The van der Waals surface area contributed by atoms with Crippen LogP contribution in [-0.2, 0) is 11.3 Å². The number of ether oxygens (including phenoxy) is 1. The highest BCUT2D eigenvalue weighted by Crippen LogP contribution is 2.21. The lowest BCUT2D eigenvalue weighted by Crippen LogP contribution is -2.57. The minimum absolute atomic E-state index is 0.0139. The molecule has 1 heterocycles. The fourth-order valence-corrected chi connectivity index (χ4v) is 2.67. The molecule has 0 N–H and O–H groups in total. The highest BCUT2D eigenvalue weighted by atomic mass is 19.1. The third-order valence-electron chi connectivity index (χ3n) is 4.24. The Kier molecular flexibility index (Phi) is 4.64. The molecule has 116 valence electrons. The fourth-order valence-electron chi connectivity index (χ4n) is 2.67. The summed E-state index contributed by atoms with van der Waals surface area (Å²) in [7, 11) is 3.38. The summed E-state index contributed by atoms with van der Waals surface area (Å²) in [5.41, 5.74) is 0.975. The zero-order valence-corrected chi connectivity index (χ0v) is 13.1. The molecule has 1 aromatic carbocycles. The molecule has 0 spiro atoms. The van der Waals surface area contributed by atoms with Crippen LogP contribution >= 0.6 is 0 Å². The first-order chi connectivity index (χ1) is 9.83. The third kappa shape index (κ3) is 3.60.